The third-order valence-corrected chi connectivity index (χ3v) is 6.15. The van der Waals surface area contributed by atoms with Crippen LogP contribution in [0.25, 0.3) is 10.2 Å². The second-order valence-corrected chi connectivity index (χ2v) is 9.10. The van der Waals surface area contributed by atoms with Crippen molar-refractivity contribution < 1.29 is 14.4 Å². The largest absolute Gasteiger partial charge is 0.342 e. The van der Waals surface area contributed by atoms with E-state index < -0.39 is 11.4 Å². The second kappa shape index (κ2) is 8.87. The number of amides is 3. The molecule has 0 atom stereocenters. The number of anilines is 2. The maximum atomic E-state index is 12.9. The molecule has 9 heteroatoms. The summed E-state index contributed by atoms with van der Waals surface area (Å²) in [5, 5.41) is 16.1. The number of thiophene rings is 1. The Morgan fingerprint density at radius 3 is 2.36 bits per heavy atom. The molecule has 8 nitrogen and oxygen atoms in total. The van der Waals surface area contributed by atoms with Gasteiger partial charge in [0.2, 0.25) is 5.91 Å². The van der Waals surface area contributed by atoms with Gasteiger partial charge in [0.05, 0.1) is 27.1 Å². The highest BCUT2D eigenvalue weighted by Gasteiger charge is 2.25. The van der Waals surface area contributed by atoms with Crippen molar-refractivity contribution in [3.63, 3.8) is 0 Å². The number of fused-ring (bicyclic) bond motifs is 1. The zero-order chi connectivity index (χ0) is 23.6. The van der Waals surface area contributed by atoms with Gasteiger partial charge in [-0.2, -0.15) is 5.10 Å². The van der Waals surface area contributed by atoms with Gasteiger partial charge >= 0.3 is 0 Å². The number of nitrogens with zero attached hydrogens (tertiary/aromatic N) is 1. The van der Waals surface area contributed by atoms with Crippen molar-refractivity contribution >= 4 is 50.8 Å². The van der Waals surface area contributed by atoms with E-state index in [0.29, 0.717) is 32.2 Å². The zero-order valence-electron chi connectivity index (χ0n) is 18.4. The van der Waals surface area contributed by atoms with Crippen LogP contribution in [0.5, 0.6) is 0 Å². The molecule has 0 saturated carbocycles. The van der Waals surface area contributed by atoms with Gasteiger partial charge in [0.15, 0.2) is 5.82 Å². The Labute approximate surface area is 194 Å². The molecule has 0 saturated heterocycles. The Bertz CT molecular complexity index is 1340. The molecule has 0 unspecified atom stereocenters. The van der Waals surface area contributed by atoms with Crippen molar-refractivity contribution in [1.29, 1.82) is 0 Å². The van der Waals surface area contributed by atoms with Gasteiger partial charge in [-0.05, 0) is 37.6 Å². The first-order valence-corrected chi connectivity index (χ1v) is 11.1. The predicted molar refractivity (Wildman–Crippen MR) is 130 cm³/mol. The smallest absolute Gasteiger partial charge is 0.262 e. The topological polar surface area (TPSA) is 116 Å². The fourth-order valence-electron chi connectivity index (χ4n) is 3.45. The van der Waals surface area contributed by atoms with Crippen LogP contribution >= 0.6 is 11.3 Å². The number of para-hydroxylation sites is 1. The number of benzene rings is 2. The monoisotopic (exact) mass is 461 g/mol. The van der Waals surface area contributed by atoms with Crippen LogP contribution in [-0.4, -0.2) is 27.9 Å². The number of aromatic amines is 1. The molecule has 3 amide bonds. The number of carbonyl (C=O) groups is 3. The molecular formula is C24H23N5O3S. The molecule has 0 spiro atoms. The van der Waals surface area contributed by atoms with Crippen LogP contribution in [0.2, 0.25) is 0 Å². The van der Waals surface area contributed by atoms with E-state index in [9.17, 15) is 14.4 Å². The number of H-pyrrole nitrogens is 1. The van der Waals surface area contributed by atoms with Crippen LogP contribution in [0.4, 0.5) is 11.5 Å². The first kappa shape index (κ1) is 22.2. The molecule has 33 heavy (non-hydrogen) atoms. The third kappa shape index (κ3) is 4.78. The lowest BCUT2D eigenvalue weighted by Gasteiger charge is -2.26. The molecule has 0 aliphatic carbocycles. The summed E-state index contributed by atoms with van der Waals surface area (Å²) in [6.45, 7) is 5.27. The van der Waals surface area contributed by atoms with E-state index in [0.717, 1.165) is 5.56 Å². The van der Waals surface area contributed by atoms with Crippen LogP contribution in [0, 0.1) is 0 Å². The number of aromatic nitrogens is 2. The van der Waals surface area contributed by atoms with Gasteiger partial charge in [-0.1, -0.05) is 42.5 Å². The van der Waals surface area contributed by atoms with Gasteiger partial charge < -0.3 is 16.0 Å². The van der Waals surface area contributed by atoms with Gasteiger partial charge in [0, 0.05) is 6.92 Å². The Hall–Kier alpha value is -3.98. The minimum Gasteiger partial charge on any atom is -0.342 e. The van der Waals surface area contributed by atoms with Crippen LogP contribution in [0.1, 0.15) is 46.4 Å². The average molecular weight is 462 g/mol. The van der Waals surface area contributed by atoms with E-state index in [4.69, 9.17) is 0 Å². The quantitative estimate of drug-likeness (QED) is 0.338. The molecule has 4 N–H and O–H groups in total. The first-order chi connectivity index (χ1) is 15.7. The summed E-state index contributed by atoms with van der Waals surface area (Å²) in [4.78, 5) is 38.4. The molecular weight excluding hydrogens is 438 g/mol. The molecule has 2 heterocycles. The molecule has 0 aliphatic heterocycles. The normalized spacial score (nSPS) is 11.2. The number of hydrogen-bond donors (Lipinski definition) is 4. The van der Waals surface area contributed by atoms with Crippen LogP contribution in [0.3, 0.4) is 0 Å². The average Bonchev–Trinajstić information content (AvgIpc) is 3.36. The van der Waals surface area contributed by atoms with Crippen molar-refractivity contribution in [2.45, 2.75) is 26.3 Å². The summed E-state index contributed by atoms with van der Waals surface area (Å²) in [5.74, 6) is -0.600. The molecule has 4 aromatic rings. The third-order valence-electron chi connectivity index (χ3n) is 5.12. The lowest BCUT2D eigenvalue weighted by Crippen LogP contribution is -2.40. The minimum absolute atomic E-state index is 0.216. The van der Waals surface area contributed by atoms with E-state index in [1.165, 1.54) is 18.3 Å². The molecule has 2 aromatic heterocycles. The Morgan fingerprint density at radius 2 is 1.64 bits per heavy atom. The van der Waals surface area contributed by atoms with Gasteiger partial charge in [-0.25, -0.2) is 0 Å². The van der Waals surface area contributed by atoms with E-state index >= 15 is 0 Å². The summed E-state index contributed by atoms with van der Waals surface area (Å²) in [7, 11) is 0. The van der Waals surface area contributed by atoms with Crippen molar-refractivity contribution in [3.8, 4) is 0 Å². The van der Waals surface area contributed by atoms with Crippen molar-refractivity contribution in [2.75, 3.05) is 10.6 Å². The van der Waals surface area contributed by atoms with Crippen LogP contribution in [0.15, 0.2) is 60.7 Å². The number of rotatable bonds is 6. The predicted octanol–water partition coefficient (Wildman–Crippen LogP) is 4.50. The lowest BCUT2D eigenvalue weighted by atomic mass is 9.94. The summed E-state index contributed by atoms with van der Waals surface area (Å²) in [6.07, 6.45) is 0. The first-order valence-electron chi connectivity index (χ1n) is 10.3. The van der Waals surface area contributed by atoms with Crippen molar-refractivity contribution in [3.05, 3.63) is 76.7 Å². The number of hydrogen-bond acceptors (Lipinski definition) is 5. The fraction of sp³-hybridized carbons (Fsp3) is 0.167. The lowest BCUT2D eigenvalue weighted by molar-refractivity contribution is -0.114. The summed E-state index contributed by atoms with van der Waals surface area (Å²) < 4.78 is 0. The Morgan fingerprint density at radius 1 is 0.939 bits per heavy atom. The van der Waals surface area contributed by atoms with Crippen molar-refractivity contribution in [1.82, 2.24) is 15.5 Å². The second-order valence-electron chi connectivity index (χ2n) is 8.05. The SMILES string of the molecule is CC(=O)Nc1ccccc1C(=O)Nc1n[nH]c2sc(C(=O)NC(C)(C)c3ccccc3)cc12. The van der Waals surface area contributed by atoms with E-state index in [-0.39, 0.29) is 11.8 Å². The highest BCUT2D eigenvalue weighted by molar-refractivity contribution is 7.20. The van der Waals surface area contributed by atoms with Crippen LogP contribution < -0.4 is 16.0 Å². The Kier molecular flexibility index (Phi) is 5.97. The number of carbonyl (C=O) groups excluding carboxylic acids is 3. The minimum atomic E-state index is -0.557. The molecule has 2 aromatic carbocycles. The highest BCUT2D eigenvalue weighted by Crippen LogP contribution is 2.31. The van der Waals surface area contributed by atoms with Gasteiger partial charge in [-0.15, -0.1) is 11.3 Å². The molecule has 0 radical (unpaired) electrons. The standard InChI is InChI=1S/C24H23N5O3S/c1-14(30)25-18-12-8-7-11-16(18)21(31)26-20-17-13-19(33-23(17)29-28-20)22(32)27-24(2,3)15-9-5-4-6-10-15/h4-13H,1-3H3,(H,25,30)(H,27,32)(H2,26,28,29,31). The molecule has 0 aliphatic rings. The fourth-order valence-corrected chi connectivity index (χ4v) is 4.35. The van der Waals surface area contributed by atoms with Gasteiger partial charge in [0.25, 0.3) is 11.8 Å². The summed E-state index contributed by atoms with van der Waals surface area (Å²) in [6, 6.07) is 18.1. The van der Waals surface area contributed by atoms with Crippen molar-refractivity contribution in [2.24, 2.45) is 0 Å². The van der Waals surface area contributed by atoms with E-state index in [1.54, 1.807) is 30.3 Å². The Balaban J connectivity index is 1.54. The maximum absolute atomic E-state index is 12.9. The van der Waals surface area contributed by atoms with E-state index in [2.05, 4.69) is 26.1 Å². The summed E-state index contributed by atoms with van der Waals surface area (Å²) in [5.41, 5.74) is 1.15. The molecule has 168 valence electrons. The van der Waals surface area contributed by atoms with Crippen LogP contribution in [-0.2, 0) is 10.3 Å². The molecule has 0 bridgehead atoms. The van der Waals surface area contributed by atoms with Gasteiger partial charge in [-0.3, -0.25) is 19.5 Å². The van der Waals surface area contributed by atoms with E-state index in [1.807, 2.05) is 44.2 Å². The highest BCUT2D eigenvalue weighted by atomic mass is 32.1. The van der Waals surface area contributed by atoms with Gasteiger partial charge in [0.1, 0.15) is 4.83 Å². The molecule has 0 fully saturated rings. The number of nitrogens with one attached hydrogen (secondary N) is 4. The zero-order valence-corrected chi connectivity index (χ0v) is 19.2. The summed E-state index contributed by atoms with van der Waals surface area (Å²) >= 11 is 1.26. The molecule has 4 rings (SSSR count). The maximum Gasteiger partial charge on any atom is 0.262 e.